The number of rotatable bonds is 40. The van der Waals surface area contributed by atoms with Gasteiger partial charge in [-0.05, 0) is 67.8 Å². The zero-order valence-corrected chi connectivity index (χ0v) is 42.3. The number of hydrogen-bond donors (Lipinski definition) is 12. The summed E-state index contributed by atoms with van der Waals surface area (Å²) in [6.45, 7) is -1.93. The van der Waals surface area contributed by atoms with E-state index in [1.165, 1.54) is 21.9 Å². The van der Waals surface area contributed by atoms with Gasteiger partial charge in [0.1, 0.15) is 44.2 Å². The van der Waals surface area contributed by atoms with Crippen molar-refractivity contribution < 1.29 is 78.2 Å². The van der Waals surface area contributed by atoms with Gasteiger partial charge in [0.05, 0.1) is 50.4 Å². The summed E-state index contributed by atoms with van der Waals surface area (Å²) < 4.78 is 11.3. The highest BCUT2D eigenvalue weighted by Crippen LogP contribution is 2.27. The van der Waals surface area contributed by atoms with Crippen molar-refractivity contribution >= 4 is 59.8 Å². The van der Waals surface area contributed by atoms with Crippen LogP contribution < -0.4 is 43.2 Å². The highest BCUT2D eigenvalue weighted by molar-refractivity contribution is 6.00. The molecule has 4 amide bonds. The Hall–Kier alpha value is -7.30. The number of nitrogens with two attached hydrogens (primary N) is 3. The van der Waals surface area contributed by atoms with Crippen LogP contribution in [0.2, 0.25) is 0 Å². The van der Waals surface area contributed by atoms with Crippen molar-refractivity contribution in [3.8, 4) is 16.9 Å². The molecule has 0 heterocycles. The molecule has 0 radical (unpaired) electrons. The fraction of sp³-hybridized carbons (Fsp3) is 0.542. The van der Waals surface area contributed by atoms with Gasteiger partial charge in [0, 0.05) is 26.2 Å². The largest absolute Gasteiger partial charge is 0.491 e. The van der Waals surface area contributed by atoms with E-state index < -0.39 is 130 Å². The number of aliphatic hydroxyl groups is 1. The topological polar surface area (TPSA) is 421 Å². The van der Waals surface area contributed by atoms with Crippen molar-refractivity contribution in [2.75, 3.05) is 85.6 Å². The van der Waals surface area contributed by atoms with Gasteiger partial charge in [0.15, 0.2) is 5.96 Å². The second-order valence-corrected chi connectivity index (χ2v) is 17.4. The number of aldehydes is 1. The lowest BCUT2D eigenvalue weighted by Crippen LogP contribution is -2.57. The number of hydrogen-bond acceptors (Lipinski definition) is 17. The van der Waals surface area contributed by atoms with Crippen LogP contribution in [0.3, 0.4) is 0 Å². The van der Waals surface area contributed by atoms with Gasteiger partial charge in [-0.2, -0.15) is 0 Å². The second-order valence-electron chi connectivity index (χ2n) is 17.4. The monoisotopic (exact) mass is 1060 g/mol. The summed E-state index contributed by atoms with van der Waals surface area (Å²) in [5.41, 5.74) is 17.6. The summed E-state index contributed by atoms with van der Waals surface area (Å²) in [5.74, 6) is -9.08. The third kappa shape index (κ3) is 25.5. The average Bonchev–Trinajstić information content (AvgIpc) is 3.36. The highest BCUT2D eigenvalue weighted by Gasteiger charge is 2.32. The van der Waals surface area contributed by atoms with Gasteiger partial charge in [0.2, 0.25) is 17.7 Å². The van der Waals surface area contributed by atoms with Crippen LogP contribution in [-0.4, -0.2) is 210 Å². The molecule has 416 valence electrons. The molecule has 0 aromatic heterocycles. The first-order chi connectivity index (χ1) is 35.7. The third-order valence-corrected chi connectivity index (χ3v) is 11.5. The number of carboxylic acids is 4. The van der Waals surface area contributed by atoms with Crippen LogP contribution >= 0.6 is 0 Å². The lowest BCUT2D eigenvalue weighted by atomic mass is 9.97. The summed E-state index contributed by atoms with van der Waals surface area (Å²) >= 11 is 0. The molecule has 0 bridgehead atoms. The Kier molecular flexibility index (Phi) is 29.8. The molecular weight excluding hydrogens is 987 g/mol. The van der Waals surface area contributed by atoms with E-state index >= 15 is 0 Å². The number of carbonyl (C=O) groups excluding carboxylic acids is 5. The molecular formula is C48H73N11O16. The number of aliphatic carboxylic acids is 4. The van der Waals surface area contributed by atoms with E-state index in [2.05, 4.69) is 26.3 Å². The van der Waals surface area contributed by atoms with Gasteiger partial charge in [-0.15, -0.1) is 0 Å². The maximum Gasteiger partial charge on any atom is 0.317 e. The predicted octanol–water partition coefficient (Wildman–Crippen LogP) is -2.12. The normalized spacial score (nSPS) is 13.2. The Morgan fingerprint density at radius 3 is 2.00 bits per heavy atom. The van der Waals surface area contributed by atoms with Crippen molar-refractivity contribution in [1.29, 1.82) is 0 Å². The number of nitrogens with zero attached hydrogens (tertiary/aromatic N) is 4. The van der Waals surface area contributed by atoms with Crippen LogP contribution in [0.25, 0.3) is 11.1 Å². The summed E-state index contributed by atoms with van der Waals surface area (Å²) in [4.78, 5) is 122. The number of amides is 4. The maximum atomic E-state index is 14.2. The highest BCUT2D eigenvalue weighted by atomic mass is 16.6. The molecule has 1 unspecified atom stereocenters. The van der Waals surface area contributed by atoms with E-state index in [0.717, 1.165) is 4.90 Å². The Labute approximate surface area is 434 Å². The van der Waals surface area contributed by atoms with Crippen molar-refractivity contribution in [2.45, 2.75) is 76.5 Å². The van der Waals surface area contributed by atoms with Crippen molar-refractivity contribution in [3.63, 3.8) is 0 Å². The van der Waals surface area contributed by atoms with Gasteiger partial charge < -0.3 is 78.3 Å². The molecule has 0 spiro atoms. The molecule has 2 aromatic rings. The van der Waals surface area contributed by atoms with Crippen molar-refractivity contribution in [3.05, 3.63) is 54.1 Å². The SMILES string of the molecule is CC[C@@H](C)[C@H](NC(=O)CNC(=O)c1cc(-c2ccccc2)ccc1OCC(CN(CCN(CC(=O)O)CC(=O)O)CC(=O)O)N(COCO)CC(=O)O)C(=O)N[C@@H](CCCN=C(N)N)C(=O)N[C@@H](C=O)CCCCN. The number of unbranched alkanes of at least 4 members (excludes halogenated alkanes) is 1. The third-order valence-electron chi connectivity index (χ3n) is 11.5. The molecule has 2 rings (SSSR count). The zero-order valence-electron chi connectivity index (χ0n) is 42.3. The molecule has 0 aliphatic rings. The van der Waals surface area contributed by atoms with Gasteiger partial charge in [-0.1, -0.05) is 56.7 Å². The van der Waals surface area contributed by atoms with E-state index in [1.54, 1.807) is 50.2 Å². The number of aliphatic imine (C=N–C) groups is 1. The predicted molar refractivity (Wildman–Crippen MR) is 271 cm³/mol. The standard InChI is InChI=1S/C48H73N11O16/c1-3-31(2)44(47(73)55-37(13-9-17-52-48(50)51)46(72)54-34(27-60)12-7-8-16-49)56-39(62)21-53-45(71)36-20-33(32-10-5-4-6-11-32)14-15-38(36)75-28-35(59(26-43(69)70)29-74-30-61)22-57(23-40(63)64)18-19-58(24-41(65)66)25-42(67)68/h4-6,10-11,14-15,20,27,31,34-35,37,44,61H,3,7-9,12-13,16-19,21-26,28-30,49H2,1-2H3,(H,53,71)(H,54,72)(H,55,73)(H,56,62)(H,63,64)(H,65,66)(H,67,68)(H,69,70)(H4,50,51,52)/t31-,34-,35?,37+,44+/m1/s1. The Morgan fingerprint density at radius 1 is 0.773 bits per heavy atom. The molecule has 5 atom stereocenters. The summed E-state index contributed by atoms with van der Waals surface area (Å²) in [5, 5.41) is 58.3. The number of ether oxygens (including phenoxy) is 2. The van der Waals surface area contributed by atoms with Crippen LogP contribution in [0.5, 0.6) is 5.75 Å². The first-order valence-corrected chi connectivity index (χ1v) is 24.2. The molecule has 0 saturated heterocycles. The first-order valence-electron chi connectivity index (χ1n) is 24.2. The van der Waals surface area contributed by atoms with Crippen LogP contribution in [0, 0.1) is 5.92 Å². The fourth-order valence-corrected chi connectivity index (χ4v) is 7.50. The summed E-state index contributed by atoms with van der Waals surface area (Å²) in [6, 6.07) is 9.12. The van der Waals surface area contributed by atoms with E-state index in [9.17, 15) is 68.7 Å². The molecule has 0 aliphatic heterocycles. The number of benzene rings is 2. The van der Waals surface area contributed by atoms with Crippen LogP contribution in [0.15, 0.2) is 53.5 Å². The van der Waals surface area contributed by atoms with E-state index in [1.807, 2.05) is 0 Å². The minimum Gasteiger partial charge on any atom is -0.491 e. The number of guanidine groups is 1. The smallest absolute Gasteiger partial charge is 0.317 e. The second kappa shape index (κ2) is 35.0. The van der Waals surface area contributed by atoms with Crippen LogP contribution in [-0.2, 0) is 43.1 Å². The van der Waals surface area contributed by atoms with Crippen LogP contribution in [0.4, 0.5) is 0 Å². The van der Waals surface area contributed by atoms with Gasteiger partial charge in [-0.25, -0.2) is 0 Å². The number of carboxylic acid groups (broad SMARTS) is 4. The minimum absolute atomic E-state index is 0.0592. The number of aliphatic hydroxyl groups excluding tert-OH is 1. The summed E-state index contributed by atoms with van der Waals surface area (Å²) in [6.07, 6.45) is 2.81. The summed E-state index contributed by atoms with van der Waals surface area (Å²) in [7, 11) is 0. The molecule has 2 aromatic carbocycles. The molecule has 0 fully saturated rings. The first kappa shape index (κ1) is 63.8. The molecule has 27 heteroatoms. The minimum atomic E-state index is -1.35. The van der Waals surface area contributed by atoms with E-state index in [-0.39, 0.29) is 56.3 Å². The fourth-order valence-electron chi connectivity index (χ4n) is 7.50. The lowest BCUT2D eigenvalue weighted by Gasteiger charge is -2.34. The average molecular weight is 1060 g/mol. The van der Waals surface area contributed by atoms with E-state index in [0.29, 0.717) is 49.6 Å². The quantitative estimate of drug-likeness (QED) is 0.0112. The van der Waals surface area contributed by atoms with Crippen molar-refractivity contribution in [1.82, 2.24) is 36.0 Å². The van der Waals surface area contributed by atoms with E-state index in [4.69, 9.17) is 26.7 Å². The van der Waals surface area contributed by atoms with Gasteiger partial charge >= 0.3 is 23.9 Å². The van der Waals surface area contributed by atoms with Crippen molar-refractivity contribution in [2.24, 2.45) is 28.1 Å². The van der Waals surface area contributed by atoms with Gasteiger partial charge in [0.25, 0.3) is 5.91 Å². The molecule has 15 N–H and O–H groups in total. The number of nitrogens with one attached hydrogen (secondary N) is 4. The Bertz CT molecular complexity index is 2190. The molecule has 0 saturated carbocycles. The number of carbonyl (C=O) groups is 9. The maximum absolute atomic E-state index is 14.2. The molecule has 27 nitrogen and oxygen atoms in total. The van der Waals surface area contributed by atoms with Crippen LogP contribution in [0.1, 0.15) is 62.7 Å². The Balaban J connectivity index is 2.48. The molecule has 75 heavy (non-hydrogen) atoms. The lowest BCUT2D eigenvalue weighted by molar-refractivity contribution is -0.145. The molecule has 0 aliphatic carbocycles. The Morgan fingerprint density at radius 2 is 1.41 bits per heavy atom. The van der Waals surface area contributed by atoms with Gasteiger partial charge in [-0.3, -0.25) is 58.0 Å². The zero-order chi connectivity index (χ0) is 55.9.